The fourth-order valence-electron chi connectivity index (χ4n) is 3.84. The molecule has 5 rings (SSSR count). The summed E-state index contributed by atoms with van der Waals surface area (Å²) in [7, 11) is -3.53. The number of sulfone groups is 1. The minimum absolute atomic E-state index is 0.00960. The summed E-state index contributed by atoms with van der Waals surface area (Å²) in [5.41, 5.74) is 3.18. The number of fused-ring (bicyclic) bond motifs is 2. The van der Waals surface area contributed by atoms with Gasteiger partial charge in [-0.2, -0.15) is 0 Å². The average Bonchev–Trinajstić information content (AvgIpc) is 2.78. The molecule has 0 amide bonds. The SMILES string of the molecule is O=S(=O)(c1ccccc1)c1ccc(C2c3ccccc3Oc3ccccc32)cc1. The quantitative estimate of drug-likeness (QED) is 0.385. The second-order valence-electron chi connectivity index (χ2n) is 7.00. The maximum Gasteiger partial charge on any atom is 0.206 e. The smallest absolute Gasteiger partial charge is 0.206 e. The molecule has 0 radical (unpaired) electrons. The minimum Gasteiger partial charge on any atom is -0.457 e. The van der Waals surface area contributed by atoms with Gasteiger partial charge in [-0.05, 0) is 42.0 Å². The van der Waals surface area contributed by atoms with E-state index in [1.807, 2.05) is 54.6 Å². The zero-order valence-electron chi connectivity index (χ0n) is 15.5. The lowest BCUT2D eigenvalue weighted by molar-refractivity contribution is 0.453. The Morgan fingerprint density at radius 3 is 1.62 bits per heavy atom. The van der Waals surface area contributed by atoms with Crippen LogP contribution in [-0.2, 0) is 9.84 Å². The number of hydrogen-bond donors (Lipinski definition) is 0. The molecule has 142 valence electrons. The maximum absolute atomic E-state index is 12.9. The second kappa shape index (κ2) is 6.90. The Labute approximate surface area is 170 Å². The summed E-state index contributed by atoms with van der Waals surface area (Å²) in [5.74, 6) is 1.65. The van der Waals surface area contributed by atoms with Crippen molar-refractivity contribution in [2.75, 3.05) is 0 Å². The molecule has 1 heterocycles. The summed E-state index contributed by atoms with van der Waals surface area (Å²) in [6.45, 7) is 0. The lowest BCUT2D eigenvalue weighted by atomic mass is 9.83. The standard InChI is InChI=1S/C25H18O3S/c26-29(27,19-8-2-1-3-9-19)20-16-14-18(15-17-20)25-21-10-4-6-12-23(21)28-24-13-7-5-11-22(24)25/h1-17,25H. The van der Waals surface area contributed by atoms with Crippen LogP contribution in [0.4, 0.5) is 0 Å². The van der Waals surface area contributed by atoms with E-state index in [-0.39, 0.29) is 5.92 Å². The fraction of sp³-hybridized carbons (Fsp3) is 0.0400. The van der Waals surface area contributed by atoms with Gasteiger partial charge in [0.2, 0.25) is 9.84 Å². The zero-order chi connectivity index (χ0) is 19.8. The molecule has 1 aliphatic heterocycles. The molecule has 0 bridgehead atoms. The van der Waals surface area contributed by atoms with Crippen molar-refractivity contribution in [3.63, 3.8) is 0 Å². The van der Waals surface area contributed by atoms with Crippen molar-refractivity contribution in [1.82, 2.24) is 0 Å². The highest BCUT2D eigenvalue weighted by Gasteiger charge is 2.28. The Kier molecular flexibility index (Phi) is 4.22. The Morgan fingerprint density at radius 2 is 1.03 bits per heavy atom. The van der Waals surface area contributed by atoms with Crippen molar-refractivity contribution < 1.29 is 13.2 Å². The average molecular weight is 398 g/mol. The molecule has 0 aromatic heterocycles. The Hall–Kier alpha value is -3.37. The van der Waals surface area contributed by atoms with E-state index in [9.17, 15) is 8.42 Å². The molecule has 1 aliphatic rings. The third kappa shape index (κ3) is 3.02. The van der Waals surface area contributed by atoms with Crippen LogP contribution in [0.2, 0.25) is 0 Å². The van der Waals surface area contributed by atoms with Gasteiger partial charge >= 0.3 is 0 Å². The van der Waals surface area contributed by atoms with Crippen LogP contribution < -0.4 is 4.74 Å². The molecule has 29 heavy (non-hydrogen) atoms. The molecular formula is C25H18O3S. The van der Waals surface area contributed by atoms with Crippen LogP contribution in [0.5, 0.6) is 11.5 Å². The first-order chi connectivity index (χ1) is 14.1. The monoisotopic (exact) mass is 398 g/mol. The number of para-hydroxylation sites is 2. The molecule has 0 spiro atoms. The van der Waals surface area contributed by atoms with Gasteiger partial charge in [0.15, 0.2) is 0 Å². The summed E-state index contributed by atoms with van der Waals surface area (Å²) in [6.07, 6.45) is 0. The van der Waals surface area contributed by atoms with Crippen LogP contribution in [0, 0.1) is 0 Å². The second-order valence-corrected chi connectivity index (χ2v) is 8.95. The van der Waals surface area contributed by atoms with Crippen LogP contribution in [0.1, 0.15) is 22.6 Å². The molecule has 4 heteroatoms. The number of rotatable bonds is 3. The summed E-state index contributed by atoms with van der Waals surface area (Å²) < 4.78 is 31.9. The summed E-state index contributed by atoms with van der Waals surface area (Å²) in [4.78, 5) is 0.593. The largest absolute Gasteiger partial charge is 0.457 e. The van der Waals surface area contributed by atoms with Crippen LogP contribution in [0.3, 0.4) is 0 Å². The summed E-state index contributed by atoms with van der Waals surface area (Å²) in [5, 5.41) is 0. The van der Waals surface area contributed by atoms with E-state index in [4.69, 9.17) is 4.74 Å². The summed E-state index contributed by atoms with van der Waals surface area (Å²) in [6, 6.07) is 31.7. The lowest BCUT2D eigenvalue weighted by Gasteiger charge is -2.28. The summed E-state index contributed by atoms with van der Waals surface area (Å²) >= 11 is 0. The van der Waals surface area contributed by atoms with Crippen LogP contribution in [0.25, 0.3) is 0 Å². The van der Waals surface area contributed by atoms with E-state index in [2.05, 4.69) is 12.1 Å². The van der Waals surface area contributed by atoms with Crippen LogP contribution in [0.15, 0.2) is 113 Å². The number of hydrogen-bond acceptors (Lipinski definition) is 3. The first kappa shape index (κ1) is 17.7. The van der Waals surface area contributed by atoms with Gasteiger partial charge in [-0.25, -0.2) is 8.42 Å². The molecule has 0 saturated heterocycles. The Bertz CT molecular complexity index is 1230. The van der Waals surface area contributed by atoms with Gasteiger partial charge in [0.25, 0.3) is 0 Å². The topological polar surface area (TPSA) is 43.4 Å². The van der Waals surface area contributed by atoms with Crippen molar-refractivity contribution in [2.24, 2.45) is 0 Å². The van der Waals surface area contributed by atoms with E-state index in [1.165, 1.54) is 0 Å². The maximum atomic E-state index is 12.9. The molecule has 0 fully saturated rings. The molecule has 0 saturated carbocycles. The van der Waals surface area contributed by atoms with E-state index in [0.29, 0.717) is 9.79 Å². The minimum atomic E-state index is -3.53. The van der Waals surface area contributed by atoms with E-state index in [0.717, 1.165) is 28.2 Å². The highest BCUT2D eigenvalue weighted by molar-refractivity contribution is 7.91. The van der Waals surface area contributed by atoms with E-state index < -0.39 is 9.84 Å². The van der Waals surface area contributed by atoms with E-state index in [1.54, 1.807) is 36.4 Å². The molecule has 3 nitrogen and oxygen atoms in total. The van der Waals surface area contributed by atoms with Crippen LogP contribution in [-0.4, -0.2) is 8.42 Å². The Balaban J connectivity index is 1.60. The van der Waals surface area contributed by atoms with Crippen LogP contribution >= 0.6 is 0 Å². The van der Waals surface area contributed by atoms with Gasteiger partial charge < -0.3 is 4.74 Å². The fourth-order valence-corrected chi connectivity index (χ4v) is 5.13. The normalized spacial score (nSPS) is 13.2. The molecule has 4 aromatic rings. The predicted octanol–water partition coefficient (Wildman–Crippen LogP) is 5.81. The van der Waals surface area contributed by atoms with Gasteiger partial charge in [0.1, 0.15) is 11.5 Å². The van der Waals surface area contributed by atoms with Crippen molar-refractivity contribution in [1.29, 1.82) is 0 Å². The van der Waals surface area contributed by atoms with E-state index >= 15 is 0 Å². The van der Waals surface area contributed by atoms with Crippen molar-refractivity contribution in [3.8, 4) is 11.5 Å². The van der Waals surface area contributed by atoms with Gasteiger partial charge in [-0.3, -0.25) is 0 Å². The Morgan fingerprint density at radius 1 is 0.552 bits per heavy atom. The van der Waals surface area contributed by atoms with Crippen molar-refractivity contribution >= 4 is 9.84 Å². The zero-order valence-corrected chi connectivity index (χ0v) is 16.3. The molecule has 0 atom stereocenters. The predicted molar refractivity (Wildman–Crippen MR) is 112 cm³/mol. The van der Waals surface area contributed by atoms with Gasteiger partial charge in [0, 0.05) is 17.0 Å². The van der Waals surface area contributed by atoms with Crippen molar-refractivity contribution in [2.45, 2.75) is 15.7 Å². The highest BCUT2D eigenvalue weighted by atomic mass is 32.2. The number of ether oxygens (including phenoxy) is 1. The van der Waals surface area contributed by atoms with Crippen molar-refractivity contribution in [3.05, 3.63) is 120 Å². The lowest BCUT2D eigenvalue weighted by Crippen LogP contribution is -2.11. The first-order valence-corrected chi connectivity index (χ1v) is 10.9. The third-order valence-electron chi connectivity index (χ3n) is 5.26. The van der Waals surface area contributed by atoms with Gasteiger partial charge in [-0.1, -0.05) is 66.7 Å². The molecule has 4 aromatic carbocycles. The molecule has 0 unspecified atom stereocenters. The molecule has 0 N–H and O–H groups in total. The molecule has 0 aliphatic carbocycles. The highest BCUT2D eigenvalue weighted by Crippen LogP contribution is 2.47. The first-order valence-electron chi connectivity index (χ1n) is 9.40. The van der Waals surface area contributed by atoms with Gasteiger partial charge in [-0.15, -0.1) is 0 Å². The number of benzene rings is 4. The van der Waals surface area contributed by atoms with Gasteiger partial charge in [0.05, 0.1) is 9.79 Å². The third-order valence-corrected chi connectivity index (χ3v) is 7.04. The molecular weight excluding hydrogens is 380 g/mol.